The van der Waals surface area contributed by atoms with Crippen molar-refractivity contribution in [1.29, 1.82) is 0 Å². The van der Waals surface area contributed by atoms with Gasteiger partial charge in [-0.1, -0.05) is 49.6 Å². The van der Waals surface area contributed by atoms with Crippen LogP contribution < -0.4 is 4.74 Å². The van der Waals surface area contributed by atoms with Crippen molar-refractivity contribution in [2.45, 2.75) is 39.2 Å². The molecule has 30 heavy (non-hydrogen) atoms. The first-order valence-electron chi connectivity index (χ1n) is 10.1. The van der Waals surface area contributed by atoms with Crippen molar-refractivity contribution in [3.8, 4) is 23.9 Å². The van der Waals surface area contributed by atoms with E-state index >= 15 is 0 Å². The lowest BCUT2D eigenvalue weighted by molar-refractivity contribution is -0.134. The average molecular weight is 397 g/mol. The molecular weight excluding hydrogens is 374 g/mol. The Morgan fingerprint density at radius 2 is 2.03 bits per heavy atom. The molecule has 1 aromatic heterocycles. The second kappa shape index (κ2) is 8.38. The maximum atomic E-state index is 12.2. The summed E-state index contributed by atoms with van der Waals surface area (Å²) in [5.41, 5.74) is 5.20. The molecule has 4 rings (SSSR count). The fourth-order valence-electron chi connectivity index (χ4n) is 3.65. The third-order valence-corrected chi connectivity index (χ3v) is 5.16. The quantitative estimate of drug-likeness (QED) is 0.456. The van der Waals surface area contributed by atoms with Crippen molar-refractivity contribution in [3.63, 3.8) is 0 Å². The zero-order valence-electron chi connectivity index (χ0n) is 17.1. The first-order valence-corrected chi connectivity index (χ1v) is 10.1. The number of aliphatic imine (C=N–C) groups is 1. The molecule has 0 spiro atoms. The number of rotatable bonds is 5. The predicted octanol–water partition coefficient (Wildman–Crippen LogP) is 4.86. The van der Waals surface area contributed by atoms with Gasteiger partial charge < -0.3 is 4.74 Å². The molecule has 0 N–H and O–H groups in total. The Bertz CT molecular complexity index is 1150. The molecule has 150 valence electrons. The number of ether oxygens (including phenoxy) is 1. The Balaban J connectivity index is 1.86. The van der Waals surface area contributed by atoms with Gasteiger partial charge in [0.25, 0.3) is 0 Å². The second-order valence-electron chi connectivity index (χ2n) is 7.28. The fraction of sp³-hybridized carbons (Fsp3) is 0.240. The van der Waals surface area contributed by atoms with Crippen molar-refractivity contribution in [2.24, 2.45) is 4.99 Å². The molecule has 1 aliphatic rings. The predicted molar refractivity (Wildman–Crippen MR) is 117 cm³/mol. The molecule has 0 fully saturated rings. The van der Waals surface area contributed by atoms with Crippen LogP contribution in [0, 0.1) is 12.3 Å². The summed E-state index contributed by atoms with van der Waals surface area (Å²) in [6, 6.07) is 15.6. The highest BCUT2D eigenvalue weighted by atomic mass is 16.5. The molecule has 2 aromatic carbocycles. The maximum absolute atomic E-state index is 12.2. The second-order valence-corrected chi connectivity index (χ2v) is 7.28. The van der Waals surface area contributed by atoms with Crippen LogP contribution in [0.2, 0.25) is 0 Å². The van der Waals surface area contributed by atoms with Gasteiger partial charge in [-0.05, 0) is 31.5 Å². The summed E-state index contributed by atoms with van der Waals surface area (Å²) in [6.07, 6.45) is 9.44. The minimum atomic E-state index is -0.273. The number of carbonyl (C=O) groups is 1. The highest BCUT2D eigenvalue weighted by molar-refractivity contribution is 6.15. The van der Waals surface area contributed by atoms with E-state index in [4.69, 9.17) is 16.2 Å². The van der Waals surface area contributed by atoms with Gasteiger partial charge in [-0.15, -0.1) is 6.42 Å². The molecule has 5 nitrogen and oxygen atoms in total. The number of benzene rings is 2. The number of hydrogen-bond acceptors (Lipinski definition) is 4. The van der Waals surface area contributed by atoms with Crippen molar-refractivity contribution in [2.75, 3.05) is 0 Å². The molecule has 3 aromatic rings. The lowest BCUT2D eigenvalue weighted by atomic mass is 9.98. The molecule has 5 heteroatoms. The highest BCUT2D eigenvalue weighted by Crippen LogP contribution is 2.35. The van der Waals surface area contributed by atoms with E-state index in [1.807, 2.05) is 66.9 Å². The van der Waals surface area contributed by atoms with Crippen LogP contribution in [0.25, 0.3) is 5.69 Å². The molecule has 2 heterocycles. The van der Waals surface area contributed by atoms with E-state index in [0.29, 0.717) is 12.3 Å². The molecular formula is C25H23N3O2. The number of terminal acetylenes is 1. The van der Waals surface area contributed by atoms with Crippen molar-refractivity contribution in [3.05, 3.63) is 77.2 Å². The van der Waals surface area contributed by atoms with Crippen LogP contribution in [0.15, 0.2) is 59.9 Å². The third-order valence-electron chi connectivity index (χ3n) is 5.16. The number of carbonyl (C=O) groups excluding carboxylic acids is 1. The van der Waals surface area contributed by atoms with Gasteiger partial charge in [0.15, 0.2) is 0 Å². The molecule has 1 aliphatic heterocycles. The summed E-state index contributed by atoms with van der Waals surface area (Å²) in [5.74, 6) is 2.75. The molecule has 0 bridgehead atoms. The Labute approximate surface area is 176 Å². The van der Waals surface area contributed by atoms with Gasteiger partial charge in [0.05, 0.1) is 17.4 Å². The monoisotopic (exact) mass is 397 g/mol. The number of imidazole rings is 1. The maximum Gasteiger partial charge on any atom is 0.312 e. The van der Waals surface area contributed by atoms with Crippen LogP contribution >= 0.6 is 0 Å². The van der Waals surface area contributed by atoms with Gasteiger partial charge in [0.1, 0.15) is 12.0 Å². The van der Waals surface area contributed by atoms with E-state index in [1.54, 1.807) is 6.33 Å². The van der Waals surface area contributed by atoms with Gasteiger partial charge in [-0.3, -0.25) is 14.4 Å². The van der Waals surface area contributed by atoms with E-state index in [9.17, 15) is 4.79 Å². The summed E-state index contributed by atoms with van der Waals surface area (Å²) in [6.45, 7) is 4.02. The highest BCUT2D eigenvalue weighted by Gasteiger charge is 2.27. The van der Waals surface area contributed by atoms with E-state index in [-0.39, 0.29) is 12.0 Å². The zero-order chi connectivity index (χ0) is 21.1. The Kier molecular flexibility index (Phi) is 5.49. The Morgan fingerprint density at radius 1 is 1.23 bits per heavy atom. The summed E-state index contributed by atoms with van der Waals surface area (Å²) < 4.78 is 7.56. The number of nitrogens with zero attached hydrogens (tertiary/aromatic N) is 3. The normalized spacial score (nSPS) is 14.7. The molecule has 0 saturated carbocycles. The summed E-state index contributed by atoms with van der Waals surface area (Å²) in [5, 5.41) is 0. The fourth-order valence-corrected chi connectivity index (χ4v) is 3.65. The van der Waals surface area contributed by atoms with E-state index in [2.05, 4.69) is 10.9 Å². The van der Waals surface area contributed by atoms with Crippen molar-refractivity contribution in [1.82, 2.24) is 9.55 Å². The SMILES string of the molecule is C#Cc1ccc2c(c1)C(c1ccccc1)=NC(C)c1c(OC(=O)CCCC)ncn1-2. The smallest absolute Gasteiger partial charge is 0.312 e. The van der Waals surface area contributed by atoms with Gasteiger partial charge >= 0.3 is 5.97 Å². The van der Waals surface area contributed by atoms with E-state index < -0.39 is 0 Å². The van der Waals surface area contributed by atoms with E-state index in [1.165, 1.54) is 0 Å². The van der Waals surface area contributed by atoms with Crippen LogP contribution in [0.3, 0.4) is 0 Å². The lowest BCUT2D eigenvalue weighted by Gasteiger charge is -2.12. The summed E-state index contributed by atoms with van der Waals surface area (Å²) in [7, 11) is 0. The van der Waals surface area contributed by atoms with Gasteiger partial charge in [0.2, 0.25) is 5.88 Å². The first kappa shape index (κ1) is 19.7. The number of unbranched alkanes of at least 4 members (excludes halogenated alkanes) is 1. The minimum absolute atomic E-state index is 0.265. The molecule has 0 aliphatic carbocycles. The zero-order valence-corrected chi connectivity index (χ0v) is 17.1. The molecule has 0 amide bonds. The number of fused-ring (bicyclic) bond motifs is 3. The Hall–Kier alpha value is -3.65. The lowest BCUT2D eigenvalue weighted by Crippen LogP contribution is -2.10. The van der Waals surface area contributed by atoms with E-state index in [0.717, 1.165) is 46.6 Å². The number of esters is 1. The van der Waals surface area contributed by atoms with Crippen LogP contribution in [0.1, 0.15) is 61.5 Å². The minimum Gasteiger partial charge on any atom is -0.405 e. The standard InChI is InChI=1S/C25H23N3O2/c1-4-6-12-22(29)30-25-24-17(3)27-23(19-10-8-7-9-11-19)20-15-18(5-2)13-14-21(20)28(24)16-26-25/h2,7-11,13-17H,4,6,12H2,1,3H3. The van der Waals surface area contributed by atoms with Crippen LogP contribution in [-0.2, 0) is 4.79 Å². The van der Waals surface area contributed by atoms with Gasteiger partial charge in [-0.25, -0.2) is 4.98 Å². The third kappa shape index (κ3) is 3.65. The summed E-state index contributed by atoms with van der Waals surface area (Å²) >= 11 is 0. The first-order chi connectivity index (χ1) is 14.6. The van der Waals surface area contributed by atoms with Crippen LogP contribution in [-0.4, -0.2) is 21.2 Å². The number of hydrogen-bond donors (Lipinski definition) is 0. The van der Waals surface area contributed by atoms with Gasteiger partial charge in [0, 0.05) is 23.1 Å². The van der Waals surface area contributed by atoms with Crippen molar-refractivity contribution < 1.29 is 9.53 Å². The molecule has 0 radical (unpaired) electrons. The topological polar surface area (TPSA) is 56.5 Å². The van der Waals surface area contributed by atoms with Gasteiger partial charge in [-0.2, -0.15) is 0 Å². The molecule has 1 unspecified atom stereocenters. The number of aromatic nitrogens is 2. The molecule has 0 saturated heterocycles. The van der Waals surface area contributed by atoms with Crippen LogP contribution in [0.5, 0.6) is 5.88 Å². The molecule has 1 atom stereocenters. The Morgan fingerprint density at radius 3 is 2.77 bits per heavy atom. The largest absolute Gasteiger partial charge is 0.405 e. The average Bonchev–Trinajstić information content (AvgIpc) is 3.14. The van der Waals surface area contributed by atoms with Crippen LogP contribution in [0.4, 0.5) is 0 Å². The summed E-state index contributed by atoms with van der Waals surface area (Å²) in [4.78, 5) is 21.6. The van der Waals surface area contributed by atoms with Crippen molar-refractivity contribution >= 4 is 11.7 Å².